The zero-order valence-corrected chi connectivity index (χ0v) is 15.0. The second-order valence-electron chi connectivity index (χ2n) is 5.53. The number of benzene rings is 1. The number of hydrogen-bond acceptors (Lipinski definition) is 5. The van der Waals surface area contributed by atoms with Crippen molar-refractivity contribution in [1.82, 2.24) is 5.32 Å². The van der Waals surface area contributed by atoms with E-state index in [2.05, 4.69) is 11.9 Å². The fourth-order valence-corrected chi connectivity index (χ4v) is 2.02. The predicted molar refractivity (Wildman–Crippen MR) is 95.3 cm³/mol. The lowest BCUT2D eigenvalue weighted by molar-refractivity contribution is -0.142. The first-order valence-electron chi connectivity index (χ1n) is 8.36. The molecule has 1 rings (SSSR count). The summed E-state index contributed by atoms with van der Waals surface area (Å²) in [6, 6.07) is 6.97. The Balaban J connectivity index is 2.56. The minimum absolute atomic E-state index is 0.147. The van der Waals surface area contributed by atoms with Gasteiger partial charge in [-0.1, -0.05) is 30.4 Å². The molecule has 0 fully saturated rings. The molecule has 138 valence electrons. The number of ether oxygens (including phenoxy) is 3. The average Bonchev–Trinajstić information content (AvgIpc) is 2.61. The van der Waals surface area contributed by atoms with E-state index in [-0.39, 0.29) is 44.3 Å². The number of nitrogens with one attached hydrogen (secondary N) is 1. The number of amides is 1. The Bertz CT molecular complexity index is 541. The fraction of sp³-hybridized carbons (Fsp3) is 0.474. The highest BCUT2D eigenvalue weighted by molar-refractivity contribution is 5.94. The average molecular weight is 349 g/mol. The first kappa shape index (κ1) is 20.9. The topological polar surface area (TPSA) is 73.9 Å². The van der Waals surface area contributed by atoms with E-state index in [9.17, 15) is 9.59 Å². The molecule has 0 saturated heterocycles. The Labute approximate surface area is 149 Å². The third-order valence-corrected chi connectivity index (χ3v) is 3.40. The van der Waals surface area contributed by atoms with Crippen LogP contribution in [-0.2, 0) is 19.0 Å². The summed E-state index contributed by atoms with van der Waals surface area (Å²) in [4.78, 5) is 24.0. The van der Waals surface area contributed by atoms with E-state index in [0.29, 0.717) is 18.6 Å². The standard InChI is InChI=1S/C19H27NO5/c1-4-12-25-18(21)11-10-17(13-24-14-23-5-2)20-19(22)16-8-6-15(3)7-9-16/h4,6-9,17H,1,5,10-14H2,2-3H3,(H,20,22)/t17-/m0/s1. The highest BCUT2D eigenvalue weighted by Gasteiger charge is 2.16. The Kier molecular flexibility index (Phi) is 10.2. The van der Waals surface area contributed by atoms with E-state index in [1.165, 1.54) is 6.08 Å². The third kappa shape index (κ3) is 9.02. The molecule has 1 aromatic carbocycles. The van der Waals surface area contributed by atoms with Gasteiger partial charge < -0.3 is 19.5 Å². The Morgan fingerprint density at radius 3 is 2.60 bits per heavy atom. The van der Waals surface area contributed by atoms with Crippen LogP contribution in [-0.4, -0.2) is 44.5 Å². The first-order valence-corrected chi connectivity index (χ1v) is 8.36. The number of aryl methyl sites for hydroxylation is 1. The van der Waals surface area contributed by atoms with Gasteiger partial charge in [-0.25, -0.2) is 0 Å². The van der Waals surface area contributed by atoms with Crippen molar-refractivity contribution in [2.75, 3.05) is 26.6 Å². The Morgan fingerprint density at radius 1 is 1.24 bits per heavy atom. The van der Waals surface area contributed by atoms with Crippen LogP contribution in [0.4, 0.5) is 0 Å². The SMILES string of the molecule is C=CCOC(=O)CC[C@@H](COCOCC)NC(=O)c1ccc(C)cc1. The van der Waals surface area contributed by atoms with Crippen LogP contribution in [0.25, 0.3) is 0 Å². The molecule has 0 aliphatic rings. The van der Waals surface area contributed by atoms with Gasteiger partial charge in [-0.05, 0) is 32.4 Å². The maximum atomic E-state index is 12.3. The molecule has 1 aromatic rings. The first-order chi connectivity index (χ1) is 12.1. The van der Waals surface area contributed by atoms with Gasteiger partial charge in [0, 0.05) is 18.6 Å². The predicted octanol–water partition coefficient (Wildman–Crippen LogP) is 2.61. The molecular formula is C19H27NO5. The largest absolute Gasteiger partial charge is 0.461 e. The maximum Gasteiger partial charge on any atom is 0.306 e. The van der Waals surface area contributed by atoms with Crippen molar-refractivity contribution in [1.29, 1.82) is 0 Å². The molecule has 0 aliphatic carbocycles. The molecule has 0 aromatic heterocycles. The summed E-state index contributed by atoms with van der Waals surface area (Å²) in [7, 11) is 0. The van der Waals surface area contributed by atoms with Crippen molar-refractivity contribution in [2.24, 2.45) is 0 Å². The van der Waals surface area contributed by atoms with Crippen LogP contribution in [0.15, 0.2) is 36.9 Å². The van der Waals surface area contributed by atoms with Gasteiger partial charge in [-0.2, -0.15) is 0 Å². The molecule has 1 atom stereocenters. The van der Waals surface area contributed by atoms with Gasteiger partial charge in [-0.3, -0.25) is 9.59 Å². The van der Waals surface area contributed by atoms with Gasteiger partial charge >= 0.3 is 5.97 Å². The molecule has 0 spiro atoms. The van der Waals surface area contributed by atoms with Crippen molar-refractivity contribution in [3.8, 4) is 0 Å². The minimum atomic E-state index is -0.334. The molecule has 6 heteroatoms. The van der Waals surface area contributed by atoms with Crippen molar-refractivity contribution in [3.05, 3.63) is 48.0 Å². The smallest absolute Gasteiger partial charge is 0.306 e. The fourth-order valence-electron chi connectivity index (χ4n) is 2.02. The number of rotatable bonds is 12. The minimum Gasteiger partial charge on any atom is -0.461 e. The van der Waals surface area contributed by atoms with E-state index in [1.54, 1.807) is 12.1 Å². The molecule has 0 aliphatic heterocycles. The van der Waals surface area contributed by atoms with Gasteiger partial charge in [0.15, 0.2) is 0 Å². The lowest BCUT2D eigenvalue weighted by Crippen LogP contribution is -2.39. The van der Waals surface area contributed by atoms with Crippen LogP contribution in [0.2, 0.25) is 0 Å². The maximum absolute atomic E-state index is 12.3. The Morgan fingerprint density at radius 2 is 1.96 bits per heavy atom. The van der Waals surface area contributed by atoms with E-state index in [1.807, 2.05) is 26.0 Å². The summed E-state index contributed by atoms with van der Waals surface area (Å²) >= 11 is 0. The second-order valence-corrected chi connectivity index (χ2v) is 5.53. The zero-order chi connectivity index (χ0) is 18.5. The number of esters is 1. The summed E-state index contributed by atoms with van der Waals surface area (Å²) in [6.45, 7) is 8.46. The monoisotopic (exact) mass is 349 g/mol. The number of hydrogen-bond donors (Lipinski definition) is 1. The summed E-state index contributed by atoms with van der Waals surface area (Å²) in [5.41, 5.74) is 1.65. The van der Waals surface area contributed by atoms with Gasteiger partial charge in [-0.15, -0.1) is 0 Å². The molecule has 0 saturated carbocycles. The van der Waals surface area contributed by atoms with Gasteiger partial charge in [0.25, 0.3) is 5.91 Å². The molecule has 0 bridgehead atoms. The summed E-state index contributed by atoms with van der Waals surface area (Å²) in [6.07, 6.45) is 2.12. The molecular weight excluding hydrogens is 322 g/mol. The van der Waals surface area contributed by atoms with Crippen molar-refractivity contribution in [2.45, 2.75) is 32.7 Å². The molecule has 6 nitrogen and oxygen atoms in total. The normalized spacial score (nSPS) is 11.6. The van der Waals surface area contributed by atoms with E-state index in [4.69, 9.17) is 14.2 Å². The van der Waals surface area contributed by atoms with Crippen molar-refractivity contribution >= 4 is 11.9 Å². The highest BCUT2D eigenvalue weighted by atomic mass is 16.7. The van der Waals surface area contributed by atoms with Crippen LogP contribution in [0.1, 0.15) is 35.7 Å². The molecule has 0 unspecified atom stereocenters. The highest BCUT2D eigenvalue weighted by Crippen LogP contribution is 2.06. The number of carbonyl (C=O) groups is 2. The third-order valence-electron chi connectivity index (χ3n) is 3.40. The summed E-state index contributed by atoms with van der Waals surface area (Å²) in [5.74, 6) is -0.538. The van der Waals surface area contributed by atoms with Gasteiger partial charge in [0.05, 0.1) is 12.6 Å². The summed E-state index contributed by atoms with van der Waals surface area (Å²) < 4.78 is 15.5. The van der Waals surface area contributed by atoms with Gasteiger partial charge in [0.1, 0.15) is 13.4 Å². The van der Waals surface area contributed by atoms with E-state index in [0.717, 1.165) is 5.56 Å². The van der Waals surface area contributed by atoms with E-state index >= 15 is 0 Å². The zero-order valence-electron chi connectivity index (χ0n) is 15.0. The summed E-state index contributed by atoms with van der Waals surface area (Å²) in [5, 5.41) is 2.89. The Hall–Kier alpha value is -2.18. The quantitative estimate of drug-likeness (QED) is 0.272. The van der Waals surface area contributed by atoms with Crippen LogP contribution >= 0.6 is 0 Å². The lowest BCUT2D eigenvalue weighted by Gasteiger charge is -2.18. The molecule has 1 N–H and O–H groups in total. The van der Waals surface area contributed by atoms with Crippen LogP contribution in [0, 0.1) is 6.92 Å². The van der Waals surface area contributed by atoms with Crippen LogP contribution in [0.5, 0.6) is 0 Å². The molecule has 25 heavy (non-hydrogen) atoms. The second kappa shape index (κ2) is 12.2. The van der Waals surface area contributed by atoms with Crippen LogP contribution in [0.3, 0.4) is 0 Å². The molecule has 0 heterocycles. The molecule has 0 radical (unpaired) electrons. The van der Waals surface area contributed by atoms with Gasteiger partial charge in [0.2, 0.25) is 0 Å². The lowest BCUT2D eigenvalue weighted by atomic mass is 10.1. The van der Waals surface area contributed by atoms with Crippen LogP contribution < -0.4 is 5.32 Å². The molecule has 1 amide bonds. The number of carbonyl (C=O) groups excluding carboxylic acids is 2. The van der Waals surface area contributed by atoms with Crippen molar-refractivity contribution in [3.63, 3.8) is 0 Å². The van der Waals surface area contributed by atoms with Crippen molar-refractivity contribution < 1.29 is 23.8 Å². The van der Waals surface area contributed by atoms with E-state index < -0.39 is 0 Å².